The van der Waals surface area contributed by atoms with E-state index in [1.807, 2.05) is 0 Å². The molecule has 2 fully saturated rings. The van der Waals surface area contributed by atoms with Crippen LogP contribution < -0.4 is 5.32 Å². The number of hydrogen-bond acceptors (Lipinski definition) is 6. The van der Waals surface area contributed by atoms with Crippen LogP contribution in [0.25, 0.3) is 0 Å². The van der Waals surface area contributed by atoms with Crippen molar-refractivity contribution in [1.29, 1.82) is 0 Å². The molecule has 3 N–H and O–H groups in total. The number of hydrogen-bond donors (Lipinski definition) is 3. The zero-order valence-electron chi connectivity index (χ0n) is 13.0. The smallest absolute Gasteiger partial charge is 0.303 e. The number of carboxylic acids is 1. The Kier molecular flexibility index (Phi) is 9.18. The van der Waals surface area contributed by atoms with Gasteiger partial charge < -0.3 is 25.0 Å². The van der Waals surface area contributed by atoms with Crippen molar-refractivity contribution in [3.8, 4) is 0 Å². The zero-order chi connectivity index (χ0) is 17.1. The molecule has 9 nitrogen and oxygen atoms in total. The van der Waals surface area contributed by atoms with Crippen molar-refractivity contribution in [2.45, 2.75) is 31.3 Å². The molecule has 1 amide bonds. The van der Waals surface area contributed by atoms with Crippen LogP contribution in [0, 0.1) is 0 Å². The summed E-state index contributed by atoms with van der Waals surface area (Å²) in [7, 11) is 0. The minimum absolute atomic E-state index is 0.00886. The Labute approximate surface area is 134 Å². The van der Waals surface area contributed by atoms with Gasteiger partial charge in [-0.05, 0) is 6.42 Å². The highest BCUT2D eigenvalue weighted by molar-refractivity contribution is 5.77. The van der Waals surface area contributed by atoms with Gasteiger partial charge in [0.15, 0.2) is 0 Å². The van der Waals surface area contributed by atoms with Crippen LogP contribution in [0.3, 0.4) is 0 Å². The van der Waals surface area contributed by atoms with E-state index in [1.54, 1.807) is 0 Å². The van der Waals surface area contributed by atoms with Crippen LogP contribution >= 0.6 is 0 Å². The molecule has 0 aromatic carbocycles. The molecule has 0 unspecified atom stereocenters. The number of aliphatic carboxylic acids is 1. The number of nitrogens with zero attached hydrogens (tertiary/aromatic N) is 1. The summed E-state index contributed by atoms with van der Waals surface area (Å²) in [5.74, 6) is -0.965. The summed E-state index contributed by atoms with van der Waals surface area (Å²) in [4.78, 5) is 32.9. The highest BCUT2D eigenvalue weighted by atomic mass is 16.5. The standard InChI is InChI=1S/C13H22N2O5.CH2O2/c16-12(2-1-3-13(17)18)14-10-8-20-9-11(10)15-4-6-19-7-5-15;2-1-3/h10-11H,1-9H2,(H,14,16)(H,17,18);1H,(H,2,3)/t10-,11-;/m0./s1. The molecule has 0 saturated carbocycles. The molecule has 2 atom stereocenters. The Bertz CT molecular complexity index is 385. The van der Waals surface area contributed by atoms with Gasteiger partial charge >= 0.3 is 5.97 Å². The van der Waals surface area contributed by atoms with Gasteiger partial charge in [-0.25, -0.2) is 0 Å². The molecule has 2 saturated heterocycles. The summed E-state index contributed by atoms with van der Waals surface area (Å²) in [5.41, 5.74) is 0. The van der Waals surface area contributed by atoms with Gasteiger partial charge in [0.2, 0.25) is 5.91 Å². The van der Waals surface area contributed by atoms with Crippen molar-refractivity contribution >= 4 is 18.3 Å². The van der Waals surface area contributed by atoms with E-state index in [0.29, 0.717) is 19.6 Å². The second-order valence-corrected chi connectivity index (χ2v) is 5.28. The lowest BCUT2D eigenvalue weighted by Gasteiger charge is -2.34. The van der Waals surface area contributed by atoms with Crippen molar-refractivity contribution in [1.82, 2.24) is 10.2 Å². The average molecular weight is 332 g/mol. The Balaban J connectivity index is 0.000000816. The van der Waals surface area contributed by atoms with E-state index in [9.17, 15) is 9.59 Å². The predicted octanol–water partition coefficient (Wildman–Crippen LogP) is -0.842. The summed E-state index contributed by atoms with van der Waals surface area (Å²) in [5, 5.41) is 18.4. The largest absolute Gasteiger partial charge is 0.483 e. The first kappa shape index (κ1) is 19.3. The molecule has 0 aliphatic carbocycles. The van der Waals surface area contributed by atoms with Crippen LogP contribution in [0.5, 0.6) is 0 Å². The Morgan fingerprint density at radius 1 is 1.17 bits per heavy atom. The minimum atomic E-state index is -0.867. The fourth-order valence-corrected chi connectivity index (χ4v) is 2.63. The van der Waals surface area contributed by atoms with Crippen LogP contribution in [0.15, 0.2) is 0 Å². The molecule has 2 aliphatic rings. The SMILES string of the molecule is O=C(O)CCCC(=O)N[C@H]1COC[C@@H]1N1CCOCC1.O=CO. The molecule has 2 aliphatic heterocycles. The molecule has 0 aromatic rings. The molecule has 2 heterocycles. The van der Waals surface area contributed by atoms with Gasteiger partial charge in [-0.1, -0.05) is 0 Å². The van der Waals surface area contributed by atoms with Crippen LogP contribution in [-0.4, -0.2) is 85.1 Å². The molecule has 0 aromatic heterocycles. The van der Waals surface area contributed by atoms with Gasteiger partial charge in [-0.3, -0.25) is 19.3 Å². The summed E-state index contributed by atoms with van der Waals surface area (Å²) < 4.78 is 10.8. The third-order valence-electron chi connectivity index (χ3n) is 3.71. The van der Waals surface area contributed by atoms with E-state index < -0.39 is 5.97 Å². The molecule has 2 rings (SSSR count). The molecule has 0 spiro atoms. The van der Waals surface area contributed by atoms with E-state index in [0.717, 1.165) is 26.3 Å². The number of ether oxygens (including phenoxy) is 2. The topological polar surface area (TPSA) is 125 Å². The van der Waals surface area contributed by atoms with Crippen LogP contribution in [0.1, 0.15) is 19.3 Å². The van der Waals surface area contributed by atoms with Gasteiger partial charge in [0.1, 0.15) is 0 Å². The van der Waals surface area contributed by atoms with E-state index in [1.165, 1.54) is 0 Å². The first-order valence-electron chi connectivity index (χ1n) is 7.57. The minimum Gasteiger partial charge on any atom is -0.483 e. The predicted molar refractivity (Wildman–Crippen MR) is 79.1 cm³/mol. The van der Waals surface area contributed by atoms with E-state index in [-0.39, 0.29) is 37.3 Å². The van der Waals surface area contributed by atoms with Gasteiger partial charge in [-0.2, -0.15) is 0 Å². The number of carbonyl (C=O) groups is 3. The first-order chi connectivity index (χ1) is 11.1. The Morgan fingerprint density at radius 2 is 1.83 bits per heavy atom. The van der Waals surface area contributed by atoms with Gasteiger partial charge in [-0.15, -0.1) is 0 Å². The lowest BCUT2D eigenvalue weighted by atomic mass is 10.1. The molecule has 132 valence electrons. The van der Waals surface area contributed by atoms with Crippen molar-refractivity contribution < 1.29 is 34.1 Å². The highest BCUT2D eigenvalue weighted by Gasteiger charge is 2.34. The van der Waals surface area contributed by atoms with Crippen LogP contribution in [-0.2, 0) is 23.9 Å². The normalized spacial score (nSPS) is 24.3. The van der Waals surface area contributed by atoms with E-state index in [4.69, 9.17) is 24.5 Å². The number of amides is 1. The Hall–Kier alpha value is -1.71. The van der Waals surface area contributed by atoms with Gasteiger partial charge in [0.05, 0.1) is 38.5 Å². The summed E-state index contributed by atoms with van der Waals surface area (Å²) in [6.07, 6.45) is 0.650. The quantitative estimate of drug-likeness (QED) is 0.538. The molecule has 0 bridgehead atoms. The van der Waals surface area contributed by atoms with Crippen LogP contribution in [0.2, 0.25) is 0 Å². The maximum absolute atomic E-state index is 11.8. The van der Waals surface area contributed by atoms with Crippen LogP contribution in [0.4, 0.5) is 0 Å². The molecule has 9 heteroatoms. The van der Waals surface area contributed by atoms with Crippen molar-refractivity contribution in [3.05, 3.63) is 0 Å². The summed E-state index contributed by atoms with van der Waals surface area (Å²) in [6, 6.07) is 0.188. The third-order valence-corrected chi connectivity index (χ3v) is 3.71. The van der Waals surface area contributed by atoms with Gasteiger partial charge in [0.25, 0.3) is 6.47 Å². The van der Waals surface area contributed by atoms with Crippen molar-refractivity contribution in [2.75, 3.05) is 39.5 Å². The Morgan fingerprint density at radius 3 is 2.43 bits per heavy atom. The number of carbonyl (C=O) groups excluding carboxylic acids is 1. The second-order valence-electron chi connectivity index (χ2n) is 5.28. The lowest BCUT2D eigenvalue weighted by Crippen LogP contribution is -2.54. The molecular formula is C14H24N2O7. The third kappa shape index (κ3) is 7.40. The van der Waals surface area contributed by atoms with Crippen molar-refractivity contribution in [3.63, 3.8) is 0 Å². The average Bonchev–Trinajstić information content (AvgIpc) is 2.96. The fourth-order valence-electron chi connectivity index (χ4n) is 2.63. The van der Waals surface area contributed by atoms with E-state index >= 15 is 0 Å². The summed E-state index contributed by atoms with van der Waals surface area (Å²) >= 11 is 0. The monoisotopic (exact) mass is 332 g/mol. The molecule has 23 heavy (non-hydrogen) atoms. The number of rotatable bonds is 6. The van der Waals surface area contributed by atoms with Gasteiger partial charge in [0, 0.05) is 25.9 Å². The molecular weight excluding hydrogens is 308 g/mol. The van der Waals surface area contributed by atoms with E-state index in [2.05, 4.69) is 10.2 Å². The zero-order valence-corrected chi connectivity index (χ0v) is 13.0. The number of morpholine rings is 1. The summed E-state index contributed by atoms with van der Waals surface area (Å²) in [6.45, 7) is 4.05. The fraction of sp³-hybridized carbons (Fsp3) is 0.786. The van der Waals surface area contributed by atoms with Crippen molar-refractivity contribution in [2.24, 2.45) is 0 Å². The molecule has 0 radical (unpaired) electrons. The first-order valence-corrected chi connectivity index (χ1v) is 7.57. The maximum atomic E-state index is 11.8. The lowest BCUT2D eigenvalue weighted by molar-refractivity contribution is -0.137. The highest BCUT2D eigenvalue weighted by Crippen LogP contribution is 2.15. The number of nitrogens with one attached hydrogen (secondary N) is 1. The second kappa shape index (κ2) is 10.9. The number of carboxylic acid groups (broad SMARTS) is 2. The maximum Gasteiger partial charge on any atom is 0.303 e.